The highest BCUT2D eigenvalue weighted by molar-refractivity contribution is 7.91. The molecule has 3 rings (SSSR count). The maximum atomic E-state index is 12.8. The van der Waals surface area contributed by atoms with Gasteiger partial charge in [0.25, 0.3) is 10.0 Å². The predicted octanol–water partition coefficient (Wildman–Crippen LogP) is 2.50. The van der Waals surface area contributed by atoms with Crippen molar-refractivity contribution in [1.82, 2.24) is 9.71 Å². The summed E-state index contributed by atoms with van der Waals surface area (Å²) in [5.41, 5.74) is 0.743. The first-order valence-corrected chi connectivity index (χ1v) is 10.5. The van der Waals surface area contributed by atoms with Gasteiger partial charge in [-0.3, -0.25) is 4.98 Å². The van der Waals surface area contributed by atoms with E-state index in [2.05, 4.69) is 9.71 Å². The van der Waals surface area contributed by atoms with Gasteiger partial charge in [0.05, 0.1) is 25.5 Å². The Balaban J connectivity index is 1.89. The third-order valence-electron chi connectivity index (χ3n) is 4.48. The maximum Gasteiger partial charge on any atom is 0.250 e. The average Bonchev–Trinajstić information content (AvgIpc) is 3.07. The lowest BCUT2D eigenvalue weighted by Crippen LogP contribution is -2.41. The number of nitrogens with one attached hydrogen (secondary N) is 1. The minimum atomic E-state index is -3.64. The topological polar surface area (TPSA) is 88.5 Å². The minimum absolute atomic E-state index is 0.0317. The maximum absolute atomic E-state index is 12.8. The Bertz CT molecular complexity index is 829. The lowest BCUT2D eigenvalue weighted by Gasteiger charge is -2.37. The second kappa shape index (κ2) is 7.41. The highest BCUT2D eigenvalue weighted by Crippen LogP contribution is 2.39. The van der Waals surface area contributed by atoms with Crippen molar-refractivity contribution < 1.29 is 18.3 Å². The van der Waals surface area contributed by atoms with Gasteiger partial charge in [-0.15, -0.1) is 11.3 Å². The SMILES string of the molecule is CCc1ccc(S(=O)(=O)NC(c2cncc(OC)c2)C2CC(O)C2)s1. The molecule has 1 aliphatic rings. The number of aliphatic hydroxyl groups is 1. The van der Waals surface area contributed by atoms with Crippen LogP contribution in [-0.2, 0) is 16.4 Å². The number of nitrogens with zero attached hydrogens (tertiary/aromatic N) is 1. The smallest absolute Gasteiger partial charge is 0.250 e. The van der Waals surface area contributed by atoms with Crippen LogP contribution in [0, 0.1) is 5.92 Å². The number of sulfonamides is 1. The molecule has 136 valence electrons. The van der Waals surface area contributed by atoms with Crippen molar-refractivity contribution in [3.05, 3.63) is 41.0 Å². The third kappa shape index (κ3) is 4.03. The second-order valence-electron chi connectivity index (χ2n) is 6.22. The van der Waals surface area contributed by atoms with Crippen molar-refractivity contribution in [1.29, 1.82) is 0 Å². The molecule has 2 aromatic heterocycles. The molecule has 8 heteroatoms. The van der Waals surface area contributed by atoms with E-state index in [4.69, 9.17) is 4.74 Å². The molecule has 2 heterocycles. The Hall–Kier alpha value is -1.48. The van der Waals surface area contributed by atoms with Crippen LogP contribution in [0.2, 0.25) is 0 Å². The number of hydrogen-bond acceptors (Lipinski definition) is 6. The average molecular weight is 383 g/mol. The van der Waals surface area contributed by atoms with E-state index in [1.54, 1.807) is 31.6 Å². The first-order valence-electron chi connectivity index (χ1n) is 8.21. The Morgan fingerprint density at radius 1 is 1.40 bits per heavy atom. The summed E-state index contributed by atoms with van der Waals surface area (Å²) in [6.45, 7) is 2.00. The number of thiophene rings is 1. The second-order valence-corrected chi connectivity index (χ2v) is 9.33. The molecular weight excluding hydrogens is 360 g/mol. The van der Waals surface area contributed by atoms with Crippen molar-refractivity contribution >= 4 is 21.4 Å². The van der Waals surface area contributed by atoms with E-state index in [1.807, 2.05) is 13.0 Å². The molecule has 6 nitrogen and oxygen atoms in total. The van der Waals surface area contributed by atoms with Gasteiger partial charge in [0.1, 0.15) is 9.96 Å². The molecule has 1 fully saturated rings. The number of aromatic nitrogens is 1. The summed E-state index contributed by atoms with van der Waals surface area (Å²) in [4.78, 5) is 5.16. The molecule has 0 saturated heterocycles. The monoisotopic (exact) mass is 382 g/mol. The van der Waals surface area contributed by atoms with E-state index in [0.717, 1.165) is 16.9 Å². The highest BCUT2D eigenvalue weighted by atomic mass is 32.2. The molecule has 25 heavy (non-hydrogen) atoms. The van der Waals surface area contributed by atoms with Crippen LogP contribution in [-0.4, -0.2) is 31.7 Å². The van der Waals surface area contributed by atoms with E-state index >= 15 is 0 Å². The summed E-state index contributed by atoms with van der Waals surface area (Å²) in [5.74, 6) is 0.607. The normalized spacial score (nSPS) is 21.6. The number of rotatable bonds is 7. The number of ether oxygens (including phenoxy) is 1. The Labute approximate surface area is 151 Å². The van der Waals surface area contributed by atoms with Crippen molar-refractivity contribution in [2.75, 3.05) is 7.11 Å². The lowest BCUT2D eigenvalue weighted by molar-refractivity contribution is 0.0279. The van der Waals surface area contributed by atoms with Gasteiger partial charge in [-0.2, -0.15) is 0 Å². The zero-order valence-electron chi connectivity index (χ0n) is 14.2. The fourth-order valence-electron chi connectivity index (χ4n) is 2.97. The van der Waals surface area contributed by atoms with E-state index in [0.29, 0.717) is 22.8 Å². The quantitative estimate of drug-likeness (QED) is 0.768. The van der Waals surface area contributed by atoms with Gasteiger partial charge in [-0.25, -0.2) is 13.1 Å². The van der Waals surface area contributed by atoms with Crippen LogP contribution in [0.1, 0.15) is 36.2 Å². The van der Waals surface area contributed by atoms with Crippen molar-refractivity contribution in [3.8, 4) is 5.75 Å². The van der Waals surface area contributed by atoms with Crippen LogP contribution in [0.4, 0.5) is 0 Å². The van der Waals surface area contributed by atoms with Crippen LogP contribution in [0.15, 0.2) is 34.8 Å². The molecule has 0 spiro atoms. The van der Waals surface area contributed by atoms with Gasteiger partial charge in [0.15, 0.2) is 0 Å². The van der Waals surface area contributed by atoms with Gasteiger partial charge in [0.2, 0.25) is 0 Å². The highest BCUT2D eigenvalue weighted by Gasteiger charge is 2.37. The molecule has 0 radical (unpaired) electrons. The Morgan fingerprint density at radius 3 is 2.76 bits per heavy atom. The molecule has 0 bridgehead atoms. The van der Waals surface area contributed by atoms with E-state index in [1.165, 1.54) is 11.3 Å². The van der Waals surface area contributed by atoms with Crippen molar-refractivity contribution in [3.63, 3.8) is 0 Å². The zero-order chi connectivity index (χ0) is 18.0. The molecule has 2 aromatic rings. The summed E-state index contributed by atoms with van der Waals surface area (Å²) >= 11 is 1.28. The summed E-state index contributed by atoms with van der Waals surface area (Å²) < 4.78 is 33.9. The molecular formula is C17H22N2O4S2. The number of pyridine rings is 1. The van der Waals surface area contributed by atoms with Crippen molar-refractivity contribution in [2.45, 2.75) is 42.5 Å². The van der Waals surface area contributed by atoms with Crippen LogP contribution in [0.25, 0.3) is 0 Å². The third-order valence-corrected chi connectivity index (χ3v) is 7.65. The molecule has 1 unspecified atom stereocenters. The van der Waals surface area contributed by atoms with Crippen LogP contribution in [0.5, 0.6) is 5.75 Å². The Kier molecular flexibility index (Phi) is 5.43. The van der Waals surface area contributed by atoms with Crippen molar-refractivity contribution in [2.24, 2.45) is 5.92 Å². The largest absolute Gasteiger partial charge is 0.495 e. The minimum Gasteiger partial charge on any atom is -0.495 e. The fourth-order valence-corrected chi connectivity index (χ4v) is 5.58. The van der Waals surface area contributed by atoms with E-state index < -0.39 is 16.1 Å². The zero-order valence-corrected chi connectivity index (χ0v) is 15.8. The fraction of sp³-hybridized carbons (Fsp3) is 0.471. The molecule has 1 aliphatic carbocycles. The molecule has 0 aliphatic heterocycles. The van der Waals surface area contributed by atoms with Crippen LogP contribution >= 0.6 is 11.3 Å². The lowest BCUT2D eigenvalue weighted by atomic mass is 9.76. The van der Waals surface area contributed by atoms with Crippen LogP contribution < -0.4 is 9.46 Å². The predicted molar refractivity (Wildman–Crippen MR) is 96.3 cm³/mol. The first kappa shape index (κ1) is 18.3. The summed E-state index contributed by atoms with van der Waals surface area (Å²) in [7, 11) is -2.09. The van der Waals surface area contributed by atoms with Gasteiger partial charge in [-0.1, -0.05) is 6.92 Å². The van der Waals surface area contributed by atoms with E-state index in [-0.39, 0.29) is 12.0 Å². The number of aryl methyl sites for hydroxylation is 1. The number of aliphatic hydroxyl groups excluding tert-OH is 1. The Morgan fingerprint density at radius 2 is 2.16 bits per heavy atom. The van der Waals surface area contributed by atoms with Gasteiger partial charge >= 0.3 is 0 Å². The van der Waals surface area contributed by atoms with E-state index in [9.17, 15) is 13.5 Å². The molecule has 1 atom stereocenters. The summed E-state index contributed by atoms with van der Waals surface area (Å²) in [5, 5.41) is 9.65. The van der Waals surface area contributed by atoms with Gasteiger partial charge in [0, 0.05) is 11.1 Å². The van der Waals surface area contributed by atoms with Gasteiger partial charge in [-0.05, 0) is 48.9 Å². The molecule has 2 N–H and O–H groups in total. The summed E-state index contributed by atoms with van der Waals surface area (Å²) in [6, 6.07) is 4.83. The van der Waals surface area contributed by atoms with Gasteiger partial charge < -0.3 is 9.84 Å². The summed E-state index contributed by atoms with van der Waals surface area (Å²) in [6.07, 6.45) is 4.79. The first-order chi connectivity index (χ1) is 11.9. The molecule has 1 saturated carbocycles. The standard InChI is InChI=1S/C17H22N2O4S2/c1-3-15-4-5-16(24-15)25(21,22)19-17(11-6-13(20)7-11)12-8-14(23-2)10-18-9-12/h4-5,8-11,13,17,19-20H,3,6-7H2,1-2H3. The van der Waals surface area contributed by atoms with Crippen LogP contribution in [0.3, 0.4) is 0 Å². The number of hydrogen-bond donors (Lipinski definition) is 2. The number of methoxy groups -OCH3 is 1. The molecule has 0 amide bonds. The molecule has 0 aromatic carbocycles.